The second kappa shape index (κ2) is 10.2. The van der Waals surface area contributed by atoms with Gasteiger partial charge in [-0.25, -0.2) is 4.99 Å². The molecule has 1 aromatic heterocycles. The number of hydrogen-bond donors (Lipinski definition) is 2. The highest BCUT2D eigenvalue weighted by Gasteiger charge is 2.11. The molecule has 0 fully saturated rings. The van der Waals surface area contributed by atoms with Crippen molar-refractivity contribution in [3.05, 3.63) is 62.3 Å². The first-order valence-corrected chi connectivity index (χ1v) is 7.85. The predicted molar refractivity (Wildman–Crippen MR) is 104 cm³/mol. The van der Waals surface area contributed by atoms with Gasteiger partial charge < -0.3 is 10.6 Å². The molecule has 0 aliphatic carbocycles. The van der Waals surface area contributed by atoms with Gasteiger partial charge in [-0.1, -0.05) is 24.3 Å². The van der Waals surface area contributed by atoms with Gasteiger partial charge in [0.05, 0.1) is 23.6 Å². The van der Waals surface area contributed by atoms with Crippen LogP contribution in [0.25, 0.3) is 0 Å². The molecule has 0 atom stereocenters. The van der Waals surface area contributed by atoms with Crippen molar-refractivity contribution >= 4 is 47.0 Å². The number of nitro benzene ring substituents is 1. The van der Waals surface area contributed by atoms with Crippen molar-refractivity contribution in [3.63, 3.8) is 0 Å². The number of para-hydroxylation sites is 1. The lowest BCUT2D eigenvalue weighted by molar-refractivity contribution is -0.385. The van der Waals surface area contributed by atoms with Gasteiger partial charge in [0.15, 0.2) is 5.96 Å². The maximum absolute atomic E-state index is 11.0. The SMILES string of the molecule is CCNC(=NCc1ccccc1[N+](=O)[O-])NCc1cccs1.I. The van der Waals surface area contributed by atoms with Crippen LogP contribution in [-0.2, 0) is 13.1 Å². The van der Waals surface area contributed by atoms with E-state index in [1.807, 2.05) is 24.4 Å². The minimum absolute atomic E-state index is 0. The van der Waals surface area contributed by atoms with Gasteiger partial charge in [-0.05, 0) is 18.4 Å². The van der Waals surface area contributed by atoms with Crippen molar-refractivity contribution in [1.29, 1.82) is 0 Å². The van der Waals surface area contributed by atoms with E-state index in [0.717, 1.165) is 6.54 Å². The lowest BCUT2D eigenvalue weighted by atomic mass is 10.2. The van der Waals surface area contributed by atoms with Gasteiger partial charge in [0.2, 0.25) is 0 Å². The molecule has 0 spiro atoms. The number of nitro groups is 1. The van der Waals surface area contributed by atoms with Crippen LogP contribution in [0.4, 0.5) is 5.69 Å². The second-order valence-corrected chi connectivity index (χ2v) is 5.55. The third-order valence-corrected chi connectivity index (χ3v) is 3.83. The Bertz CT molecular complexity index is 647. The van der Waals surface area contributed by atoms with Gasteiger partial charge in [0.1, 0.15) is 0 Å². The quantitative estimate of drug-likeness (QED) is 0.234. The van der Waals surface area contributed by atoms with Crippen LogP contribution < -0.4 is 10.6 Å². The fraction of sp³-hybridized carbons (Fsp3) is 0.267. The van der Waals surface area contributed by atoms with E-state index in [-0.39, 0.29) is 41.1 Å². The fourth-order valence-corrected chi connectivity index (χ4v) is 2.56. The van der Waals surface area contributed by atoms with Crippen LogP contribution in [0.2, 0.25) is 0 Å². The summed E-state index contributed by atoms with van der Waals surface area (Å²) in [5.74, 6) is 0.647. The molecule has 8 heteroatoms. The number of nitrogens with zero attached hydrogens (tertiary/aromatic N) is 2. The van der Waals surface area contributed by atoms with Crippen LogP contribution in [-0.4, -0.2) is 17.4 Å². The summed E-state index contributed by atoms with van der Waals surface area (Å²) in [5, 5.41) is 19.4. The highest BCUT2D eigenvalue weighted by molar-refractivity contribution is 14.0. The second-order valence-electron chi connectivity index (χ2n) is 4.51. The minimum Gasteiger partial charge on any atom is -0.357 e. The van der Waals surface area contributed by atoms with Crippen LogP contribution in [0, 0.1) is 10.1 Å². The zero-order valence-corrected chi connectivity index (χ0v) is 15.8. The summed E-state index contributed by atoms with van der Waals surface area (Å²) < 4.78 is 0. The lowest BCUT2D eigenvalue weighted by Gasteiger charge is -2.10. The van der Waals surface area contributed by atoms with Gasteiger partial charge in [-0.15, -0.1) is 35.3 Å². The van der Waals surface area contributed by atoms with E-state index in [2.05, 4.69) is 15.6 Å². The predicted octanol–water partition coefficient (Wildman–Crippen LogP) is 3.53. The molecule has 1 aromatic carbocycles. The Morgan fingerprint density at radius 2 is 2.04 bits per heavy atom. The smallest absolute Gasteiger partial charge is 0.274 e. The van der Waals surface area contributed by atoms with Crippen LogP contribution in [0.1, 0.15) is 17.4 Å². The maximum atomic E-state index is 11.0. The zero-order valence-electron chi connectivity index (χ0n) is 12.7. The molecule has 0 amide bonds. The first-order chi connectivity index (χ1) is 10.7. The van der Waals surface area contributed by atoms with Gasteiger partial charge >= 0.3 is 0 Å². The molecule has 1 heterocycles. The summed E-state index contributed by atoms with van der Waals surface area (Å²) in [6.07, 6.45) is 0. The van der Waals surface area contributed by atoms with E-state index >= 15 is 0 Å². The lowest BCUT2D eigenvalue weighted by Crippen LogP contribution is -2.36. The topological polar surface area (TPSA) is 79.6 Å². The molecule has 2 aromatic rings. The number of hydrogen-bond acceptors (Lipinski definition) is 4. The largest absolute Gasteiger partial charge is 0.357 e. The Hall–Kier alpha value is -1.68. The van der Waals surface area contributed by atoms with Crippen molar-refractivity contribution in [3.8, 4) is 0 Å². The number of thiophene rings is 1. The number of rotatable bonds is 6. The highest BCUT2D eigenvalue weighted by Crippen LogP contribution is 2.18. The molecule has 2 rings (SSSR count). The van der Waals surface area contributed by atoms with E-state index in [1.54, 1.807) is 29.5 Å². The van der Waals surface area contributed by atoms with E-state index in [1.165, 1.54) is 10.9 Å². The molecule has 124 valence electrons. The Labute approximate surface area is 156 Å². The molecular weight excluding hydrogens is 427 g/mol. The molecule has 2 N–H and O–H groups in total. The first kappa shape index (κ1) is 19.4. The summed E-state index contributed by atoms with van der Waals surface area (Å²) in [5.41, 5.74) is 0.696. The normalized spacial score (nSPS) is 10.7. The minimum atomic E-state index is -0.378. The molecule has 0 saturated carbocycles. The fourth-order valence-electron chi connectivity index (χ4n) is 1.91. The van der Waals surface area contributed by atoms with E-state index < -0.39 is 0 Å². The van der Waals surface area contributed by atoms with E-state index in [4.69, 9.17) is 0 Å². The van der Waals surface area contributed by atoms with Gasteiger partial charge in [0.25, 0.3) is 5.69 Å². The molecule has 0 unspecified atom stereocenters. The van der Waals surface area contributed by atoms with Crippen molar-refractivity contribution in [2.45, 2.75) is 20.0 Å². The summed E-state index contributed by atoms with van der Waals surface area (Å²) >= 11 is 1.67. The van der Waals surface area contributed by atoms with Gasteiger partial charge in [0, 0.05) is 17.5 Å². The number of nitrogens with one attached hydrogen (secondary N) is 2. The monoisotopic (exact) mass is 446 g/mol. The molecule has 0 saturated heterocycles. The van der Waals surface area contributed by atoms with Crippen molar-refractivity contribution < 1.29 is 4.92 Å². The summed E-state index contributed by atoms with van der Waals surface area (Å²) in [4.78, 5) is 16.2. The maximum Gasteiger partial charge on any atom is 0.274 e. The van der Waals surface area contributed by atoms with E-state index in [0.29, 0.717) is 18.1 Å². The average molecular weight is 446 g/mol. The molecule has 0 aliphatic heterocycles. The third-order valence-electron chi connectivity index (χ3n) is 2.95. The molecule has 0 radical (unpaired) electrons. The van der Waals surface area contributed by atoms with Crippen molar-refractivity contribution in [2.24, 2.45) is 4.99 Å². The van der Waals surface area contributed by atoms with Crippen LogP contribution in [0.15, 0.2) is 46.8 Å². The zero-order chi connectivity index (χ0) is 15.8. The molecule has 0 bridgehead atoms. The highest BCUT2D eigenvalue weighted by atomic mass is 127. The number of benzene rings is 1. The van der Waals surface area contributed by atoms with Crippen LogP contribution >= 0.6 is 35.3 Å². The van der Waals surface area contributed by atoms with Crippen LogP contribution in [0.5, 0.6) is 0 Å². The number of guanidine groups is 1. The van der Waals surface area contributed by atoms with Crippen molar-refractivity contribution in [1.82, 2.24) is 10.6 Å². The third kappa shape index (κ3) is 6.14. The van der Waals surface area contributed by atoms with Gasteiger partial charge in [-0.2, -0.15) is 0 Å². The Kier molecular flexibility index (Phi) is 8.56. The molecular formula is C15H19IN4O2S. The van der Waals surface area contributed by atoms with Crippen LogP contribution in [0.3, 0.4) is 0 Å². The summed E-state index contributed by atoms with van der Waals surface area (Å²) in [6.45, 7) is 3.65. The van der Waals surface area contributed by atoms with Crippen molar-refractivity contribution in [2.75, 3.05) is 6.54 Å². The number of aliphatic imine (C=N–C) groups is 1. The molecule has 0 aliphatic rings. The average Bonchev–Trinajstić information content (AvgIpc) is 3.03. The summed E-state index contributed by atoms with van der Waals surface area (Å²) in [6, 6.07) is 10.7. The van der Waals surface area contributed by atoms with Gasteiger partial charge in [-0.3, -0.25) is 10.1 Å². The first-order valence-electron chi connectivity index (χ1n) is 6.97. The Morgan fingerprint density at radius 1 is 1.26 bits per heavy atom. The summed E-state index contributed by atoms with van der Waals surface area (Å²) in [7, 11) is 0. The van der Waals surface area contributed by atoms with E-state index in [9.17, 15) is 10.1 Å². The molecule has 23 heavy (non-hydrogen) atoms. The number of halogens is 1. The Balaban J connectivity index is 0.00000264. The standard InChI is InChI=1S/C15H18N4O2S.HI/c1-2-16-15(18-11-13-7-5-9-22-13)17-10-12-6-3-4-8-14(12)19(20)21;/h3-9H,2,10-11H2,1H3,(H2,16,17,18);1H. The molecule has 6 nitrogen and oxygen atoms in total. The Morgan fingerprint density at radius 3 is 2.70 bits per heavy atom.